The van der Waals surface area contributed by atoms with E-state index in [0.29, 0.717) is 12.6 Å². The molecule has 1 aromatic carbocycles. The van der Waals surface area contributed by atoms with Gasteiger partial charge >= 0.3 is 0 Å². The summed E-state index contributed by atoms with van der Waals surface area (Å²) in [6.07, 6.45) is 1.94. The van der Waals surface area contributed by atoms with Crippen LogP contribution in [0.3, 0.4) is 0 Å². The van der Waals surface area contributed by atoms with Gasteiger partial charge in [0.05, 0.1) is 0 Å². The molecule has 0 radical (unpaired) electrons. The maximum absolute atomic E-state index is 8.80. The molecule has 3 heteroatoms. The molecule has 1 aliphatic heterocycles. The van der Waals surface area contributed by atoms with Crippen LogP contribution >= 0.6 is 11.8 Å². The number of nitrogens with one attached hydrogen (secondary N) is 1. The van der Waals surface area contributed by atoms with Crippen LogP contribution in [0.4, 0.5) is 5.69 Å². The molecule has 0 spiro atoms. The highest BCUT2D eigenvalue weighted by molar-refractivity contribution is 7.99. The average molecular weight is 223 g/mol. The summed E-state index contributed by atoms with van der Waals surface area (Å²) in [7, 11) is 0. The first-order valence-electron chi connectivity index (χ1n) is 5.40. The van der Waals surface area contributed by atoms with Crippen molar-refractivity contribution in [1.29, 1.82) is 0 Å². The van der Waals surface area contributed by atoms with E-state index in [2.05, 4.69) is 30.4 Å². The minimum atomic E-state index is 0.295. The van der Waals surface area contributed by atoms with Gasteiger partial charge in [0, 0.05) is 29.0 Å². The number of rotatable bonds is 3. The van der Waals surface area contributed by atoms with Crippen LogP contribution in [0.2, 0.25) is 0 Å². The second-order valence-electron chi connectivity index (χ2n) is 4.02. The number of hydrogen-bond donors (Lipinski definition) is 2. The fraction of sp³-hybridized carbons (Fsp3) is 0.500. The standard InChI is InChI=1S/C12H17NOS/c1-9-4-5-12-11(7-9)13-10(8-15-12)3-2-6-14/h4-5,7,10,13-14H,2-3,6,8H2,1H3. The Kier molecular flexibility index (Phi) is 3.54. The number of thioether (sulfide) groups is 1. The summed E-state index contributed by atoms with van der Waals surface area (Å²) >= 11 is 1.91. The van der Waals surface area contributed by atoms with Crippen LogP contribution in [0.15, 0.2) is 23.1 Å². The summed E-state index contributed by atoms with van der Waals surface area (Å²) in [5.41, 5.74) is 2.55. The number of fused-ring (bicyclic) bond motifs is 1. The van der Waals surface area contributed by atoms with Crippen molar-refractivity contribution in [1.82, 2.24) is 0 Å². The second-order valence-corrected chi connectivity index (χ2v) is 5.08. The zero-order chi connectivity index (χ0) is 10.7. The molecule has 1 heterocycles. The molecule has 2 N–H and O–H groups in total. The molecule has 2 rings (SSSR count). The van der Waals surface area contributed by atoms with Crippen LogP contribution in [0.1, 0.15) is 18.4 Å². The van der Waals surface area contributed by atoms with E-state index in [1.165, 1.54) is 16.1 Å². The Hall–Kier alpha value is -0.670. The van der Waals surface area contributed by atoms with E-state index < -0.39 is 0 Å². The molecule has 0 aromatic heterocycles. The molecule has 0 bridgehead atoms. The number of benzene rings is 1. The van der Waals surface area contributed by atoms with Crippen molar-refractivity contribution in [2.75, 3.05) is 17.7 Å². The molecule has 1 atom stereocenters. The summed E-state index contributed by atoms with van der Waals surface area (Å²) in [5, 5.41) is 12.3. The van der Waals surface area contributed by atoms with E-state index in [9.17, 15) is 0 Å². The van der Waals surface area contributed by atoms with Crippen LogP contribution in [-0.4, -0.2) is 23.5 Å². The molecule has 0 fully saturated rings. The predicted octanol–water partition coefficient (Wildman–Crippen LogP) is 2.65. The largest absolute Gasteiger partial charge is 0.396 e. The molecule has 1 aromatic rings. The summed E-state index contributed by atoms with van der Waals surface area (Å²) in [5.74, 6) is 1.11. The summed E-state index contributed by atoms with van der Waals surface area (Å²) < 4.78 is 0. The first kappa shape index (κ1) is 10.8. The van der Waals surface area contributed by atoms with Gasteiger partial charge in [0.2, 0.25) is 0 Å². The van der Waals surface area contributed by atoms with Gasteiger partial charge < -0.3 is 10.4 Å². The Bertz CT molecular complexity index is 340. The molecule has 82 valence electrons. The smallest absolute Gasteiger partial charge is 0.0483 e. The lowest BCUT2D eigenvalue weighted by molar-refractivity contribution is 0.282. The van der Waals surface area contributed by atoms with Gasteiger partial charge in [0.1, 0.15) is 0 Å². The third kappa shape index (κ3) is 2.67. The van der Waals surface area contributed by atoms with Crippen LogP contribution in [0.5, 0.6) is 0 Å². The van der Waals surface area contributed by atoms with Crippen molar-refractivity contribution in [2.45, 2.75) is 30.7 Å². The van der Waals surface area contributed by atoms with E-state index in [1.807, 2.05) is 11.8 Å². The molecule has 15 heavy (non-hydrogen) atoms. The topological polar surface area (TPSA) is 32.3 Å². The molecular weight excluding hydrogens is 206 g/mol. The number of aryl methyl sites for hydroxylation is 1. The molecular formula is C12H17NOS. The first-order chi connectivity index (χ1) is 7.29. The van der Waals surface area contributed by atoms with Gasteiger partial charge in [0.25, 0.3) is 0 Å². The fourth-order valence-electron chi connectivity index (χ4n) is 1.83. The molecule has 0 saturated heterocycles. The van der Waals surface area contributed by atoms with E-state index >= 15 is 0 Å². The highest BCUT2D eigenvalue weighted by Gasteiger charge is 2.17. The highest BCUT2D eigenvalue weighted by atomic mass is 32.2. The number of hydrogen-bond acceptors (Lipinski definition) is 3. The maximum atomic E-state index is 8.80. The van der Waals surface area contributed by atoms with Crippen molar-refractivity contribution in [3.63, 3.8) is 0 Å². The summed E-state index contributed by atoms with van der Waals surface area (Å²) in [4.78, 5) is 1.35. The van der Waals surface area contributed by atoms with Gasteiger partial charge in [0.15, 0.2) is 0 Å². The maximum Gasteiger partial charge on any atom is 0.0483 e. The third-order valence-electron chi connectivity index (χ3n) is 2.65. The lowest BCUT2D eigenvalue weighted by Crippen LogP contribution is -2.26. The van der Waals surface area contributed by atoms with E-state index in [0.717, 1.165) is 18.6 Å². The van der Waals surface area contributed by atoms with Gasteiger partial charge in [-0.25, -0.2) is 0 Å². The van der Waals surface area contributed by atoms with Crippen molar-refractivity contribution < 1.29 is 5.11 Å². The van der Waals surface area contributed by atoms with Gasteiger partial charge in [-0.1, -0.05) is 6.07 Å². The predicted molar refractivity (Wildman–Crippen MR) is 65.6 cm³/mol. The van der Waals surface area contributed by atoms with Crippen molar-refractivity contribution in [2.24, 2.45) is 0 Å². The number of aliphatic hydroxyl groups is 1. The molecule has 0 saturated carbocycles. The quantitative estimate of drug-likeness (QED) is 0.826. The Morgan fingerprint density at radius 2 is 2.40 bits per heavy atom. The second kappa shape index (κ2) is 4.90. The summed E-state index contributed by atoms with van der Waals surface area (Å²) in [6, 6.07) is 7.05. The van der Waals surface area contributed by atoms with Crippen LogP contribution < -0.4 is 5.32 Å². The van der Waals surface area contributed by atoms with Gasteiger partial charge in [-0.2, -0.15) is 0 Å². The van der Waals surface area contributed by atoms with Gasteiger partial charge in [-0.3, -0.25) is 0 Å². The van der Waals surface area contributed by atoms with Crippen molar-refractivity contribution >= 4 is 17.4 Å². The first-order valence-corrected chi connectivity index (χ1v) is 6.39. The van der Waals surface area contributed by atoms with E-state index in [-0.39, 0.29) is 0 Å². The van der Waals surface area contributed by atoms with Crippen LogP contribution in [-0.2, 0) is 0 Å². The molecule has 1 unspecified atom stereocenters. The number of aliphatic hydroxyl groups excluding tert-OH is 1. The Morgan fingerprint density at radius 1 is 1.53 bits per heavy atom. The van der Waals surface area contributed by atoms with Crippen LogP contribution in [0.25, 0.3) is 0 Å². The molecule has 2 nitrogen and oxygen atoms in total. The zero-order valence-electron chi connectivity index (χ0n) is 8.99. The van der Waals surface area contributed by atoms with Gasteiger partial charge in [-0.15, -0.1) is 11.8 Å². The summed E-state index contributed by atoms with van der Waals surface area (Å²) in [6.45, 7) is 2.41. The SMILES string of the molecule is Cc1ccc2c(c1)NC(CCCO)CS2. The van der Waals surface area contributed by atoms with Crippen molar-refractivity contribution in [3.8, 4) is 0 Å². The highest BCUT2D eigenvalue weighted by Crippen LogP contribution is 2.34. The Balaban J connectivity index is 2.05. The third-order valence-corrected chi connectivity index (χ3v) is 3.88. The van der Waals surface area contributed by atoms with Crippen LogP contribution in [0, 0.1) is 6.92 Å². The fourth-order valence-corrected chi connectivity index (χ4v) is 2.90. The van der Waals surface area contributed by atoms with E-state index in [4.69, 9.17) is 5.11 Å². The monoisotopic (exact) mass is 223 g/mol. The van der Waals surface area contributed by atoms with Gasteiger partial charge in [-0.05, 0) is 37.5 Å². The van der Waals surface area contributed by atoms with Crippen molar-refractivity contribution in [3.05, 3.63) is 23.8 Å². The molecule has 0 aliphatic carbocycles. The van der Waals surface area contributed by atoms with E-state index in [1.54, 1.807) is 0 Å². The lowest BCUT2D eigenvalue weighted by Gasteiger charge is -2.26. The average Bonchev–Trinajstić information content (AvgIpc) is 2.25. The number of anilines is 1. The molecule has 0 amide bonds. The normalized spacial score (nSPS) is 19.5. The Labute approximate surface area is 95.1 Å². The molecule has 1 aliphatic rings. The zero-order valence-corrected chi connectivity index (χ0v) is 9.81. The Morgan fingerprint density at radius 3 is 3.20 bits per heavy atom. The lowest BCUT2D eigenvalue weighted by atomic mass is 10.1. The minimum Gasteiger partial charge on any atom is -0.396 e. The minimum absolute atomic E-state index is 0.295.